The van der Waals surface area contributed by atoms with Gasteiger partial charge in [-0.2, -0.15) is 13.2 Å². The van der Waals surface area contributed by atoms with Crippen LogP contribution in [0.3, 0.4) is 0 Å². The van der Waals surface area contributed by atoms with Gasteiger partial charge in [-0.1, -0.05) is 24.3 Å². The van der Waals surface area contributed by atoms with E-state index in [0.717, 1.165) is 12.1 Å². The van der Waals surface area contributed by atoms with Gasteiger partial charge in [-0.15, -0.1) is 0 Å². The Morgan fingerprint density at radius 3 is 2.45 bits per heavy atom. The lowest BCUT2D eigenvalue weighted by Crippen LogP contribution is -2.04. The van der Waals surface area contributed by atoms with E-state index in [4.69, 9.17) is 0 Å². The monoisotopic (exact) mass is 307 g/mol. The van der Waals surface area contributed by atoms with Crippen molar-refractivity contribution in [3.05, 3.63) is 59.4 Å². The fourth-order valence-corrected chi connectivity index (χ4v) is 2.40. The van der Waals surface area contributed by atoms with Gasteiger partial charge in [-0.25, -0.2) is 4.39 Å². The largest absolute Gasteiger partial charge is 0.416 e. The number of halogens is 4. The van der Waals surface area contributed by atoms with Gasteiger partial charge in [0.1, 0.15) is 5.82 Å². The lowest BCUT2D eigenvalue weighted by molar-refractivity contribution is -0.137. The number of alkyl halides is 3. The topological polar surface area (TPSA) is 32.9 Å². The highest BCUT2D eigenvalue weighted by Crippen LogP contribution is 2.35. The van der Waals surface area contributed by atoms with Crippen LogP contribution in [-0.4, -0.2) is 11.3 Å². The Kier molecular flexibility index (Phi) is 3.24. The van der Waals surface area contributed by atoms with Crippen molar-refractivity contribution in [1.82, 2.24) is 4.98 Å². The number of carbonyl (C=O) groups is 1. The third-order valence-electron chi connectivity index (χ3n) is 3.42. The van der Waals surface area contributed by atoms with E-state index in [9.17, 15) is 22.4 Å². The lowest BCUT2D eigenvalue weighted by atomic mass is 10.0. The van der Waals surface area contributed by atoms with E-state index in [0.29, 0.717) is 11.7 Å². The maximum atomic E-state index is 13.8. The molecule has 1 heterocycles. The lowest BCUT2D eigenvalue weighted by Gasteiger charge is -2.08. The fraction of sp³-hybridized carbons (Fsp3) is 0.0625. The van der Waals surface area contributed by atoms with Crippen LogP contribution >= 0.6 is 0 Å². The molecule has 6 heteroatoms. The molecule has 0 atom stereocenters. The van der Waals surface area contributed by atoms with E-state index in [-0.39, 0.29) is 22.3 Å². The molecule has 0 bridgehead atoms. The Bertz CT molecular complexity index is 864. The number of H-pyrrole nitrogens is 1. The van der Waals surface area contributed by atoms with Crippen molar-refractivity contribution in [1.29, 1.82) is 0 Å². The number of hydrogen-bond acceptors (Lipinski definition) is 1. The van der Waals surface area contributed by atoms with Crippen LogP contribution in [0.4, 0.5) is 17.6 Å². The zero-order valence-corrected chi connectivity index (χ0v) is 11.0. The highest BCUT2D eigenvalue weighted by atomic mass is 19.4. The van der Waals surface area contributed by atoms with E-state index in [2.05, 4.69) is 4.98 Å². The van der Waals surface area contributed by atoms with Gasteiger partial charge in [0, 0.05) is 10.9 Å². The third-order valence-corrected chi connectivity index (χ3v) is 3.42. The molecule has 1 aromatic heterocycles. The van der Waals surface area contributed by atoms with Crippen molar-refractivity contribution >= 4 is 17.2 Å². The number of para-hydroxylation sites is 1. The van der Waals surface area contributed by atoms with Gasteiger partial charge < -0.3 is 4.98 Å². The van der Waals surface area contributed by atoms with Gasteiger partial charge in [-0.3, -0.25) is 4.79 Å². The third kappa shape index (κ3) is 2.26. The molecule has 0 unspecified atom stereocenters. The van der Waals surface area contributed by atoms with Crippen LogP contribution in [0.1, 0.15) is 15.9 Å². The minimum atomic E-state index is -4.49. The summed E-state index contributed by atoms with van der Waals surface area (Å²) in [5, 5.41) is 0.336. The molecule has 0 spiro atoms. The molecule has 0 aliphatic rings. The second-order valence-electron chi connectivity index (χ2n) is 4.77. The summed E-state index contributed by atoms with van der Waals surface area (Å²) in [4.78, 5) is 14.0. The number of benzene rings is 2. The summed E-state index contributed by atoms with van der Waals surface area (Å²) in [6, 6.07) is 8.73. The molecular weight excluding hydrogens is 298 g/mol. The van der Waals surface area contributed by atoms with Crippen molar-refractivity contribution in [3.63, 3.8) is 0 Å². The number of hydrogen-bond donors (Lipinski definition) is 1. The normalized spacial score (nSPS) is 11.8. The number of fused-ring (bicyclic) bond motifs is 1. The molecule has 0 saturated carbocycles. The summed E-state index contributed by atoms with van der Waals surface area (Å²) in [5.41, 5.74) is -0.263. The first-order chi connectivity index (χ1) is 10.4. The van der Waals surface area contributed by atoms with Crippen LogP contribution in [0.15, 0.2) is 42.5 Å². The van der Waals surface area contributed by atoms with Crippen LogP contribution in [0.25, 0.3) is 22.2 Å². The van der Waals surface area contributed by atoms with Crippen molar-refractivity contribution < 1.29 is 22.4 Å². The predicted octanol–water partition coefficient (Wildman–Crippen LogP) is 4.81. The van der Waals surface area contributed by atoms with E-state index >= 15 is 0 Å². The van der Waals surface area contributed by atoms with Crippen LogP contribution in [0.2, 0.25) is 0 Å². The minimum Gasteiger partial charge on any atom is -0.352 e. The molecule has 0 saturated heterocycles. The van der Waals surface area contributed by atoms with Crippen LogP contribution in [0, 0.1) is 5.82 Å². The standard InChI is InChI=1S/C16H9F4NO/c17-13-6-2-5-11-12(8-22)14(21-15(11)13)9-3-1-4-10(7-9)16(18,19)20/h1-8,21H. The van der Waals surface area contributed by atoms with Crippen molar-refractivity contribution in [2.75, 3.05) is 0 Å². The SMILES string of the molecule is O=Cc1c(-c2cccc(C(F)(F)F)c2)[nH]c2c(F)cccc12. The molecule has 0 fully saturated rings. The first-order valence-electron chi connectivity index (χ1n) is 6.35. The number of aromatic amines is 1. The second kappa shape index (κ2) is 4.98. The molecule has 0 amide bonds. The van der Waals surface area contributed by atoms with Gasteiger partial charge in [0.05, 0.1) is 16.8 Å². The van der Waals surface area contributed by atoms with Gasteiger partial charge in [0.25, 0.3) is 0 Å². The molecule has 112 valence electrons. The number of nitrogens with one attached hydrogen (secondary N) is 1. The fourth-order valence-electron chi connectivity index (χ4n) is 2.40. The van der Waals surface area contributed by atoms with E-state index in [1.54, 1.807) is 0 Å². The second-order valence-corrected chi connectivity index (χ2v) is 4.77. The Hall–Kier alpha value is -2.63. The number of aldehydes is 1. The first-order valence-corrected chi connectivity index (χ1v) is 6.35. The average Bonchev–Trinajstić information content (AvgIpc) is 2.86. The van der Waals surface area contributed by atoms with Crippen LogP contribution in [-0.2, 0) is 6.18 Å². The summed E-state index contributed by atoms with van der Waals surface area (Å²) < 4.78 is 52.2. The van der Waals surface area contributed by atoms with Crippen LogP contribution < -0.4 is 0 Å². The van der Waals surface area contributed by atoms with Crippen LogP contribution in [0.5, 0.6) is 0 Å². The summed E-state index contributed by atoms with van der Waals surface area (Å²) in [6.45, 7) is 0. The Labute approximate surface area is 122 Å². The zero-order valence-electron chi connectivity index (χ0n) is 11.0. The van der Waals surface area contributed by atoms with Crippen molar-refractivity contribution in [2.45, 2.75) is 6.18 Å². The van der Waals surface area contributed by atoms with E-state index < -0.39 is 17.6 Å². The van der Waals surface area contributed by atoms with Gasteiger partial charge in [0.15, 0.2) is 6.29 Å². The van der Waals surface area contributed by atoms with Crippen molar-refractivity contribution in [3.8, 4) is 11.3 Å². The summed E-state index contributed by atoms with van der Waals surface area (Å²) in [5.74, 6) is -0.571. The molecule has 22 heavy (non-hydrogen) atoms. The predicted molar refractivity (Wildman–Crippen MR) is 74.1 cm³/mol. The summed E-state index contributed by atoms with van der Waals surface area (Å²) in [6.07, 6.45) is -3.98. The molecule has 0 aliphatic carbocycles. The molecule has 2 nitrogen and oxygen atoms in total. The molecule has 3 aromatic rings. The maximum Gasteiger partial charge on any atom is 0.416 e. The molecule has 2 aromatic carbocycles. The van der Waals surface area contributed by atoms with E-state index in [1.807, 2.05) is 0 Å². The average molecular weight is 307 g/mol. The smallest absolute Gasteiger partial charge is 0.352 e. The quantitative estimate of drug-likeness (QED) is 0.535. The van der Waals surface area contributed by atoms with Gasteiger partial charge in [0.2, 0.25) is 0 Å². The maximum absolute atomic E-state index is 13.8. The summed E-state index contributed by atoms with van der Waals surface area (Å²) >= 11 is 0. The zero-order chi connectivity index (χ0) is 15.9. The van der Waals surface area contributed by atoms with Crippen molar-refractivity contribution in [2.24, 2.45) is 0 Å². The molecular formula is C16H9F4NO. The van der Waals surface area contributed by atoms with Gasteiger partial charge in [-0.05, 0) is 23.8 Å². The Balaban J connectivity index is 2.27. The van der Waals surface area contributed by atoms with E-state index in [1.165, 1.54) is 30.3 Å². The number of carbonyl (C=O) groups excluding carboxylic acids is 1. The Morgan fingerprint density at radius 1 is 1.05 bits per heavy atom. The molecule has 0 aliphatic heterocycles. The molecule has 1 N–H and O–H groups in total. The number of rotatable bonds is 2. The molecule has 0 radical (unpaired) electrons. The number of aromatic nitrogens is 1. The first kappa shape index (κ1) is 14.3. The highest BCUT2D eigenvalue weighted by molar-refractivity contribution is 6.04. The van der Waals surface area contributed by atoms with Gasteiger partial charge >= 0.3 is 6.18 Å². The Morgan fingerprint density at radius 2 is 1.77 bits per heavy atom. The minimum absolute atomic E-state index is 0.0945. The molecule has 3 rings (SSSR count). The highest BCUT2D eigenvalue weighted by Gasteiger charge is 2.30. The summed E-state index contributed by atoms with van der Waals surface area (Å²) in [7, 11) is 0.